The van der Waals surface area contributed by atoms with Crippen LogP contribution in [0.25, 0.3) is 0 Å². The maximum Gasteiger partial charge on any atom is 0.307 e. The molecule has 0 amide bonds. The van der Waals surface area contributed by atoms with E-state index in [0.29, 0.717) is 43.5 Å². The Morgan fingerprint density at radius 2 is 2.09 bits per heavy atom. The molecule has 1 aromatic rings. The molecule has 0 heterocycles. The van der Waals surface area contributed by atoms with E-state index in [0.717, 1.165) is 10.0 Å². The number of hydrogen-bond acceptors (Lipinski definition) is 4. The summed E-state index contributed by atoms with van der Waals surface area (Å²) in [7, 11) is 1.60. The average molecular weight is 388 g/mol. The first kappa shape index (κ1) is 19.8. The second kappa shape index (κ2) is 9.78. The van der Waals surface area contributed by atoms with E-state index in [1.807, 2.05) is 32.9 Å². The monoisotopic (exact) mass is 387 g/mol. The summed E-state index contributed by atoms with van der Waals surface area (Å²) >= 11 is 3.49. The van der Waals surface area contributed by atoms with Gasteiger partial charge in [0, 0.05) is 13.1 Å². The Morgan fingerprint density at radius 3 is 2.61 bits per heavy atom. The average Bonchev–Trinajstić information content (AvgIpc) is 2.48. The smallest absolute Gasteiger partial charge is 0.307 e. The van der Waals surface area contributed by atoms with Gasteiger partial charge in [0.05, 0.1) is 24.1 Å². The van der Waals surface area contributed by atoms with E-state index in [9.17, 15) is 9.90 Å². The number of benzene rings is 1. The van der Waals surface area contributed by atoms with Crippen LogP contribution in [-0.2, 0) is 11.3 Å². The third-order valence-corrected chi connectivity index (χ3v) is 3.99. The van der Waals surface area contributed by atoms with Crippen LogP contribution in [0.3, 0.4) is 0 Å². The number of aliphatic carboxylic acids is 1. The third-order valence-electron chi connectivity index (χ3n) is 3.40. The fourth-order valence-corrected chi connectivity index (χ4v) is 2.99. The van der Waals surface area contributed by atoms with Gasteiger partial charge in [-0.1, -0.05) is 13.8 Å². The number of carboxylic acid groups (broad SMARTS) is 1. The number of methoxy groups -OCH3 is 1. The second-order valence-corrected chi connectivity index (χ2v) is 6.69. The highest BCUT2D eigenvalue weighted by Crippen LogP contribution is 2.36. The number of carboxylic acids is 1. The van der Waals surface area contributed by atoms with Gasteiger partial charge in [-0.3, -0.25) is 4.79 Å². The van der Waals surface area contributed by atoms with E-state index < -0.39 is 5.97 Å². The standard InChI is InChI=1S/C17H26BrNO4/c1-5-23-16-14(18)7-12(8-15(16)22-4)9-19-10-13(17(20)21)6-11(2)3/h7-8,11,13,19H,5-6,9-10H2,1-4H3,(H,20,21). The van der Waals surface area contributed by atoms with Crippen LogP contribution in [0, 0.1) is 11.8 Å². The topological polar surface area (TPSA) is 67.8 Å². The van der Waals surface area contributed by atoms with Crippen LogP contribution >= 0.6 is 15.9 Å². The lowest BCUT2D eigenvalue weighted by molar-refractivity contribution is -0.142. The molecule has 2 N–H and O–H groups in total. The summed E-state index contributed by atoms with van der Waals surface area (Å²) < 4.78 is 11.7. The summed E-state index contributed by atoms with van der Waals surface area (Å²) in [5, 5.41) is 12.5. The van der Waals surface area contributed by atoms with Crippen molar-refractivity contribution in [1.29, 1.82) is 0 Å². The molecular weight excluding hydrogens is 362 g/mol. The maximum absolute atomic E-state index is 11.3. The van der Waals surface area contributed by atoms with Crippen LogP contribution in [0.2, 0.25) is 0 Å². The fourth-order valence-electron chi connectivity index (χ4n) is 2.39. The predicted molar refractivity (Wildman–Crippen MR) is 94.2 cm³/mol. The normalized spacial score (nSPS) is 12.3. The van der Waals surface area contributed by atoms with Gasteiger partial charge >= 0.3 is 5.97 Å². The lowest BCUT2D eigenvalue weighted by atomic mass is 9.97. The Bertz CT molecular complexity index is 520. The van der Waals surface area contributed by atoms with E-state index in [2.05, 4.69) is 21.2 Å². The zero-order valence-electron chi connectivity index (χ0n) is 14.2. The van der Waals surface area contributed by atoms with Crippen LogP contribution in [-0.4, -0.2) is 31.3 Å². The molecule has 0 aliphatic rings. The SMILES string of the molecule is CCOc1c(Br)cc(CNCC(CC(C)C)C(=O)O)cc1OC. The molecule has 0 aliphatic carbocycles. The van der Waals surface area contributed by atoms with E-state index in [-0.39, 0.29) is 5.92 Å². The summed E-state index contributed by atoms with van der Waals surface area (Å²) in [6.07, 6.45) is 0.665. The van der Waals surface area contributed by atoms with Crippen molar-refractivity contribution in [1.82, 2.24) is 5.32 Å². The molecule has 130 valence electrons. The molecule has 0 spiro atoms. The molecule has 1 rings (SSSR count). The largest absolute Gasteiger partial charge is 0.493 e. The summed E-state index contributed by atoms with van der Waals surface area (Å²) in [5.41, 5.74) is 1.01. The highest BCUT2D eigenvalue weighted by atomic mass is 79.9. The number of nitrogens with one attached hydrogen (secondary N) is 1. The molecule has 0 saturated heterocycles. The highest BCUT2D eigenvalue weighted by molar-refractivity contribution is 9.10. The van der Waals surface area contributed by atoms with E-state index in [1.54, 1.807) is 7.11 Å². The number of carbonyl (C=O) groups is 1. The van der Waals surface area contributed by atoms with Crippen molar-refractivity contribution in [2.45, 2.75) is 33.7 Å². The summed E-state index contributed by atoms with van der Waals surface area (Å²) in [4.78, 5) is 11.3. The summed E-state index contributed by atoms with van der Waals surface area (Å²) in [5.74, 6) is 0.578. The summed E-state index contributed by atoms with van der Waals surface area (Å²) in [6, 6.07) is 3.86. The molecule has 0 aliphatic heterocycles. The van der Waals surface area contributed by atoms with E-state index in [4.69, 9.17) is 9.47 Å². The van der Waals surface area contributed by atoms with Gasteiger partial charge in [0.2, 0.25) is 0 Å². The summed E-state index contributed by atoms with van der Waals surface area (Å²) in [6.45, 7) is 7.56. The number of hydrogen-bond donors (Lipinski definition) is 2. The zero-order chi connectivity index (χ0) is 17.4. The molecule has 0 radical (unpaired) electrons. The molecule has 1 aromatic carbocycles. The Hall–Kier alpha value is -1.27. The van der Waals surface area contributed by atoms with Crippen molar-refractivity contribution < 1.29 is 19.4 Å². The first-order chi connectivity index (χ1) is 10.9. The van der Waals surface area contributed by atoms with Gasteiger partial charge in [-0.15, -0.1) is 0 Å². The minimum Gasteiger partial charge on any atom is -0.493 e. The maximum atomic E-state index is 11.3. The molecule has 6 heteroatoms. The van der Waals surface area contributed by atoms with Crippen LogP contribution < -0.4 is 14.8 Å². The molecule has 0 aromatic heterocycles. The first-order valence-corrected chi connectivity index (χ1v) is 8.61. The van der Waals surface area contributed by atoms with Crippen molar-refractivity contribution in [3.63, 3.8) is 0 Å². The van der Waals surface area contributed by atoms with Crippen molar-refractivity contribution in [3.8, 4) is 11.5 Å². The van der Waals surface area contributed by atoms with E-state index >= 15 is 0 Å². The minimum atomic E-state index is -0.753. The fraction of sp³-hybridized carbons (Fsp3) is 0.588. The molecule has 0 fully saturated rings. The van der Waals surface area contributed by atoms with Gasteiger partial charge in [-0.2, -0.15) is 0 Å². The number of ether oxygens (including phenoxy) is 2. The van der Waals surface area contributed by atoms with Gasteiger partial charge in [0.25, 0.3) is 0 Å². The van der Waals surface area contributed by atoms with Crippen molar-refractivity contribution in [3.05, 3.63) is 22.2 Å². The van der Waals surface area contributed by atoms with Crippen LogP contribution in [0.5, 0.6) is 11.5 Å². The third kappa shape index (κ3) is 6.39. The zero-order valence-corrected chi connectivity index (χ0v) is 15.8. The lowest BCUT2D eigenvalue weighted by Crippen LogP contribution is -2.29. The molecular formula is C17H26BrNO4. The van der Waals surface area contributed by atoms with Crippen molar-refractivity contribution in [2.75, 3.05) is 20.3 Å². The molecule has 0 saturated carbocycles. The van der Waals surface area contributed by atoms with E-state index in [1.165, 1.54) is 0 Å². The van der Waals surface area contributed by atoms with Crippen molar-refractivity contribution >= 4 is 21.9 Å². The minimum absolute atomic E-state index is 0.359. The Labute approximate surface area is 146 Å². The Morgan fingerprint density at radius 1 is 1.39 bits per heavy atom. The van der Waals surface area contributed by atoms with Crippen LogP contribution in [0.15, 0.2) is 16.6 Å². The van der Waals surface area contributed by atoms with Gasteiger partial charge in [0.15, 0.2) is 11.5 Å². The highest BCUT2D eigenvalue weighted by Gasteiger charge is 2.18. The first-order valence-electron chi connectivity index (χ1n) is 7.81. The van der Waals surface area contributed by atoms with Crippen LogP contribution in [0.1, 0.15) is 32.8 Å². The van der Waals surface area contributed by atoms with Gasteiger partial charge in [-0.25, -0.2) is 0 Å². The molecule has 23 heavy (non-hydrogen) atoms. The number of halogens is 1. The number of rotatable bonds is 10. The van der Waals surface area contributed by atoms with Crippen LogP contribution in [0.4, 0.5) is 0 Å². The van der Waals surface area contributed by atoms with Gasteiger partial charge in [-0.05, 0) is 52.9 Å². The molecule has 1 atom stereocenters. The van der Waals surface area contributed by atoms with Gasteiger partial charge < -0.3 is 19.9 Å². The predicted octanol–water partition coefficient (Wildman–Crippen LogP) is 3.69. The quantitative estimate of drug-likeness (QED) is 0.640. The Balaban J connectivity index is 2.70. The molecule has 0 bridgehead atoms. The second-order valence-electron chi connectivity index (χ2n) is 5.84. The Kier molecular flexibility index (Phi) is 8.41. The van der Waals surface area contributed by atoms with Crippen molar-refractivity contribution in [2.24, 2.45) is 11.8 Å². The molecule has 1 unspecified atom stereocenters. The molecule has 5 nitrogen and oxygen atoms in total. The lowest BCUT2D eigenvalue weighted by Gasteiger charge is -2.17. The van der Waals surface area contributed by atoms with Gasteiger partial charge in [0.1, 0.15) is 0 Å².